The highest BCUT2D eigenvalue weighted by Gasteiger charge is 2.10. The van der Waals surface area contributed by atoms with Gasteiger partial charge in [0.1, 0.15) is 0 Å². The van der Waals surface area contributed by atoms with Gasteiger partial charge in [-0.05, 0) is 36.2 Å². The molecular weight excluding hydrogens is 282 g/mol. The third-order valence-corrected chi connectivity index (χ3v) is 3.08. The average molecular weight is 299 g/mol. The fraction of sp³-hybridized carbons (Fsp3) is 0.188. The van der Waals surface area contributed by atoms with Gasteiger partial charge in [-0.25, -0.2) is 9.59 Å². The SMILES string of the molecule is COC(=O)c1ccc(C)c(NC(=O)NCc2cccnc2)c1. The van der Waals surface area contributed by atoms with Gasteiger partial charge in [0.05, 0.1) is 12.7 Å². The molecule has 0 saturated heterocycles. The monoisotopic (exact) mass is 299 g/mol. The number of ether oxygens (including phenoxy) is 1. The number of amides is 2. The van der Waals surface area contributed by atoms with Crippen molar-refractivity contribution in [1.82, 2.24) is 10.3 Å². The number of nitrogens with one attached hydrogen (secondary N) is 2. The van der Waals surface area contributed by atoms with Crippen molar-refractivity contribution < 1.29 is 14.3 Å². The van der Waals surface area contributed by atoms with Crippen LogP contribution < -0.4 is 10.6 Å². The summed E-state index contributed by atoms with van der Waals surface area (Å²) < 4.78 is 4.67. The predicted molar refractivity (Wildman–Crippen MR) is 82.6 cm³/mol. The van der Waals surface area contributed by atoms with Gasteiger partial charge in [-0.3, -0.25) is 4.98 Å². The number of rotatable bonds is 4. The van der Waals surface area contributed by atoms with E-state index in [4.69, 9.17) is 0 Å². The first kappa shape index (κ1) is 15.5. The summed E-state index contributed by atoms with van der Waals surface area (Å²) >= 11 is 0. The summed E-state index contributed by atoms with van der Waals surface area (Å²) in [4.78, 5) is 27.4. The Morgan fingerprint density at radius 3 is 2.77 bits per heavy atom. The number of carbonyl (C=O) groups is 2. The summed E-state index contributed by atoms with van der Waals surface area (Å²) in [6, 6.07) is 8.32. The number of esters is 1. The van der Waals surface area contributed by atoms with Gasteiger partial charge >= 0.3 is 12.0 Å². The van der Waals surface area contributed by atoms with Crippen molar-refractivity contribution in [1.29, 1.82) is 0 Å². The fourth-order valence-corrected chi connectivity index (χ4v) is 1.85. The molecule has 0 spiro atoms. The lowest BCUT2D eigenvalue weighted by Gasteiger charge is -2.11. The molecule has 0 aliphatic heterocycles. The molecule has 0 fully saturated rings. The second-order valence-electron chi connectivity index (χ2n) is 4.69. The molecule has 0 atom stereocenters. The van der Waals surface area contributed by atoms with Crippen molar-refractivity contribution in [2.24, 2.45) is 0 Å². The maximum atomic E-state index is 11.9. The fourth-order valence-electron chi connectivity index (χ4n) is 1.85. The molecule has 1 aromatic carbocycles. The van der Waals surface area contributed by atoms with E-state index in [2.05, 4.69) is 20.4 Å². The molecule has 2 aromatic rings. The Balaban J connectivity index is 2.00. The Morgan fingerprint density at radius 2 is 2.09 bits per heavy atom. The van der Waals surface area contributed by atoms with Gasteiger partial charge in [-0.15, -0.1) is 0 Å². The van der Waals surface area contributed by atoms with E-state index in [-0.39, 0.29) is 6.03 Å². The molecule has 1 aromatic heterocycles. The lowest BCUT2D eigenvalue weighted by Crippen LogP contribution is -2.28. The molecule has 6 nitrogen and oxygen atoms in total. The maximum absolute atomic E-state index is 11.9. The van der Waals surface area contributed by atoms with Crippen molar-refractivity contribution >= 4 is 17.7 Å². The predicted octanol–water partition coefficient (Wildman–Crippen LogP) is 2.50. The molecule has 2 amide bonds. The molecule has 6 heteroatoms. The van der Waals surface area contributed by atoms with Gasteiger partial charge in [0.2, 0.25) is 0 Å². The van der Waals surface area contributed by atoms with E-state index in [1.807, 2.05) is 13.0 Å². The summed E-state index contributed by atoms with van der Waals surface area (Å²) in [5.74, 6) is -0.446. The first-order valence-corrected chi connectivity index (χ1v) is 6.73. The van der Waals surface area contributed by atoms with E-state index in [0.717, 1.165) is 11.1 Å². The highest BCUT2D eigenvalue weighted by atomic mass is 16.5. The van der Waals surface area contributed by atoms with Crippen LogP contribution in [0.5, 0.6) is 0 Å². The van der Waals surface area contributed by atoms with Crippen LogP contribution in [-0.2, 0) is 11.3 Å². The smallest absolute Gasteiger partial charge is 0.337 e. The first-order valence-electron chi connectivity index (χ1n) is 6.73. The van der Waals surface area contributed by atoms with Gasteiger partial charge in [0.15, 0.2) is 0 Å². The maximum Gasteiger partial charge on any atom is 0.337 e. The minimum atomic E-state index is -0.446. The molecule has 2 rings (SSSR count). The highest BCUT2D eigenvalue weighted by molar-refractivity contribution is 5.94. The molecule has 114 valence electrons. The minimum Gasteiger partial charge on any atom is -0.465 e. The topological polar surface area (TPSA) is 80.3 Å². The number of nitrogens with zero attached hydrogens (tertiary/aromatic N) is 1. The summed E-state index contributed by atoms with van der Waals surface area (Å²) in [5.41, 5.74) is 2.70. The highest BCUT2D eigenvalue weighted by Crippen LogP contribution is 2.17. The Kier molecular flexibility index (Phi) is 5.08. The van der Waals surface area contributed by atoms with Crippen LogP contribution in [0.3, 0.4) is 0 Å². The molecule has 0 saturated carbocycles. The normalized spacial score (nSPS) is 9.91. The molecule has 2 N–H and O–H groups in total. The number of anilines is 1. The minimum absolute atomic E-state index is 0.353. The van der Waals surface area contributed by atoms with Crippen molar-refractivity contribution in [3.63, 3.8) is 0 Å². The Morgan fingerprint density at radius 1 is 1.27 bits per heavy atom. The van der Waals surface area contributed by atoms with E-state index in [0.29, 0.717) is 17.8 Å². The van der Waals surface area contributed by atoms with Crippen LogP contribution in [0.4, 0.5) is 10.5 Å². The van der Waals surface area contributed by atoms with E-state index in [1.165, 1.54) is 7.11 Å². The number of pyridine rings is 1. The number of hydrogen-bond donors (Lipinski definition) is 2. The van der Waals surface area contributed by atoms with Crippen molar-refractivity contribution in [3.8, 4) is 0 Å². The third kappa shape index (κ3) is 4.05. The van der Waals surface area contributed by atoms with Crippen LogP contribution in [-0.4, -0.2) is 24.1 Å². The van der Waals surface area contributed by atoms with Gasteiger partial charge in [-0.1, -0.05) is 12.1 Å². The number of benzene rings is 1. The Hall–Kier alpha value is -2.89. The van der Waals surface area contributed by atoms with E-state index >= 15 is 0 Å². The summed E-state index contributed by atoms with van der Waals surface area (Å²) in [7, 11) is 1.32. The van der Waals surface area contributed by atoms with Gasteiger partial charge in [-0.2, -0.15) is 0 Å². The third-order valence-electron chi connectivity index (χ3n) is 3.08. The number of urea groups is 1. The summed E-state index contributed by atoms with van der Waals surface area (Å²) in [6.07, 6.45) is 3.36. The zero-order valence-corrected chi connectivity index (χ0v) is 12.4. The number of aromatic nitrogens is 1. The molecule has 1 heterocycles. The molecule has 0 aliphatic carbocycles. The van der Waals surface area contributed by atoms with Crippen LogP contribution in [0.2, 0.25) is 0 Å². The zero-order valence-electron chi connectivity index (χ0n) is 12.4. The number of carbonyl (C=O) groups excluding carboxylic acids is 2. The van der Waals surface area contributed by atoms with Crippen LogP contribution in [0.25, 0.3) is 0 Å². The molecule has 0 aliphatic rings. The number of methoxy groups -OCH3 is 1. The number of aryl methyl sites for hydroxylation is 1. The van der Waals surface area contributed by atoms with Crippen LogP contribution in [0.1, 0.15) is 21.5 Å². The second kappa shape index (κ2) is 7.21. The standard InChI is InChI=1S/C16H17N3O3/c1-11-5-6-13(15(20)22-2)8-14(11)19-16(21)18-10-12-4-3-7-17-9-12/h3-9H,10H2,1-2H3,(H2,18,19,21). The van der Waals surface area contributed by atoms with Gasteiger partial charge in [0, 0.05) is 24.6 Å². The van der Waals surface area contributed by atoms with Crippen LogP contribution >= 0.6 is 0 Å². The van der Waals surface area contributed by atoms with Crippen LogP contribution in [0.15, 0.2) is 42.7 Å². The zero-order chi connectivity index (χ0) is 15.9. The lowest BCUT2D eigenvalue weighted by atomic mass is 10.1. The van der Waals surface area contributed by atoms with Crippen molar-refractivity contribution in [3.05, 3.63) is 59.4 Å². The first-order chi connectivity index (χ1) is 10.6. The quantitative estimate of drug-likeness (QED) is 0.850. The molecule has 22 heavy (non-hydrogen) atoms. The van der Waals surface area contributed by atoms with E-state index in [1.54, 1.807) is 36.7 Å². The summed E-state index contributed by atoms with van der Waals surface area (Å²) in [5, 5.41) is 5.45. The molecule has 0 bridgehead atoms. The molecular formula is C16H17N3O3. The Bertz CT molecular complexity index is 672. The summed E-state index contributed by atoms with van der Waals surface area (Å²) in [6.45, 7) is 2.22. The van der Waals surface area contributed by atoms with Gasteiger partial charge < -0.3 is 15.4 Å². The number of hydrogen-bond acceptors (Lipinski definition) is 4. The largest absolute Gasteiger partial charge is 0.465 e. The van der Waals surface area contributed by atoms with E-state index in [9.17, 15) is 9.59 Å². The van der Waals surface area contributed by atoms with E-state index < -0.39 is 5.97 Å². The lowest BCUT2D eigenvalue weighted by molar-refractivity contribution is 0.0600. The van der Waals surface area contributed by atoms with Crippen molar-refractivity contribution in [2.75, 3.05) is 12.4 Å². The second-order valence-corrected chi connectivity index (χ2v) is 4.69. The molecule has 0 radical (unpaired) electrons. The van der Waals surface area contributed by atoms with Crippen molar-refractivity contribution in [2.45, 2.75) is 13.5 Å². The molecule has 0 unspecified atom stereocenters. The van der Waals surface area contributed by atoms with Crippen LogP contribution in [0, 0.1) is 6.92 Å². The average Bonchev–Trinajstić information content (AvgIpc) is 2.55. The van der Waals surface area contributed by atoms with Gasteiger partial charge in [0.25, 0.3) is 0 Å². The Labute approximate surface area is 128 Å².